The molecule has 0 radical (unpaired) electrons. The summed E-state index contributed by atoms with van der Waals surface area (Å²) >= 11 is 0. The number of benzene rings is 1. The van der Waals surface area contributed by atoms with E-state index in [1.54, 1.807) is 19.9 Å². The van der Waals surface area contributed by atoms with Crippen LogP contribution in [0.2, 0.25) is 0 Å². The number of aryl methyl sites for hydroxylation is 2. The molecule has 0 fully saturated rings. The summed E-state index contributed by atoms with van der Waals surface area (Å²) in [7, 11) is 0. The Labute approximate surface area is 108 Å². The lowest BCUT2D eigenvalue weighted by Gasteiger charge is -2.15. The summed E-state index contributed by atoms with van der Waals surface area (Å²) in [6.45, 7) is 2.99. The van der Waals surface area contributed by atoms with Gasteiger partial charge in [-0.2, -0.15) is 18.3 Å². The molecule has 1 aromatic carbocycles. The Hall–Kier alpha value is -1.82. The van der Waals surface area contributed by atoms with E-state index in [1.165, 1.54) is 16.8 Å². The van der Waals surface area contributed by atoms with Crippen LogP contribution in [0.15, 0.2) is 24.3 Å². The zero-order chi connectivity index (χ0) is 14.2. The van der Waals surface area contributed by atoms with Gasteiger partial charge < -0.3 is 5.11 Å². The van der Waals surface area contributed by atoms with E-state index < -0.39 is 18.3 Å². The van der Waals surface area contributed by atoms with E-state index in [4.69, 9.17) is 5.11 Å². The van der Waals surface area contributed by atoms with E-state index >= 15 is 0 Å². The Bertz CT molecular complexity index is 602. The molecule has 0 aliphatic carbocycles. The zero-order valence-electron chi connectivity index (χ0n) is 10.5. The summed E-state index contributed by atoms with van der Waals surface area (Å²) in [4.78, 5) is 0. The number of alkyl halides is 3. The second-order valence-electron chi connectivity index (χ2n) is 4.35. The molecule has 0 aliphatic rings. The number of rotatable bonds is 2. The smallest absolute Gasteiger partial charge is 0.392 e. The van der Waals surface area contributed by atoms with E-state index in [2.05, 4.69) is 5.10 Å². The van der Waals surface area contributed by atoms with Gasteiger partial charge in [-0.3, -0.25) is 0 Å². The highest BCUT2D eigenvalue weighted by molar-refractivity contribution is 5.46. The molecule has 0 spiro atoms. The highest BCUT2D eigenvalue weighted by atomic mass is 19.4. The van der Waals surface area contributed by atoms with Gasteiger partial charge in [-0.15, -0.1) is 0 Å². The van der Waals surface area contributed by atoms with Gasteiger partial charge in [0.1, 0.15) is 0 Å². The average Bonchev–Trinajstić information content (AvgIpc) is 2.66. The van der Waals surface area contributed by atoms with Crippen LogP contribution in [0.4, 0.5) is 13.2 Å². The van der Waals surface area contributed by atoms with Crippen molar-refractivity contribution in [1.82, 2.24) is 9.78 Å². The summed E-state index contributed by atoms with van der Waals surface area (Å²) < 4.78 is 40.5. The van der Waals surface area contributed by atoms with Crippen LogP contribution < -0.4 is 0 Å². The second-order valence-corrected chi connectivity index (χ2v) is 4.35. The summed E-state index contributed by atoms with van der Waals surface area (Å²) in [5.41, 5.74) is 0.662. The number of aromatic nitrogens is 2. The van der Waals surface area contributed by atoms with Crippen molar-refractivity contribution < 1.29 is 18.3 Å². The van der Waals surface area contributed by atoms with Crippen molar-refractivity contribution in [3.63, 3.8) is 0 Å². The zero-order valence-corrected chi connectivity index (χ0v) is 10.5. The highest BCUT2D eigenvalue weighted by Crippen LogP contribution is 2.34. The van der Waals surface area contributed by atoms with Crippen molar-refractivity contribution in [3.8, 4) is 5.69 Å². The van der Waals surface area contributed by atoms with Gasteiger partial charge in [0.25, 0.3) is 0 Å². The molecule has 0 saturated heterocycles. The van der Waals surface area contributed by atoms with E-state index in [0.29, 0.717) is 11.4 Å². The first kappa shape index (κ1) is 13.6. The number of nitrogens with zero attached hydrogens (tertiary/aromatic N) is 2. The molecule has 0 bridgehead atoms. The molecular weight excluding hydrogens is 257 g/mol. The van der Waals surface area contributed by atoms with Crippen molar-refractivity contribution in [2.75, 3.05) is 0 Å². The Morgan fingerprint density at radius 1 is 1.21 bits per heavy atom. The van der Waals surface area contributed by atoms with Crippen molar-refractivity contribution in [2.24, 2.45) is 0 Å². The molecule has 1 N–H and O–H groups in total. The fraction of sp³-hybridized carbons (Fsp3) is 0.308. The van der Waals surface area contributed by atoms with Crippen LogP contribution in [0.25, 0.3) is 5.69 Å². The summed E-state index contributed by atoms with van der Waals surface area (Å²) in [6, 6.07) is 5.45. The molecule has 0 aliphatic heterocycles. The summed E-state index contributed by atoms with van der Waals surface area (Å²) in [5.74, 6) is 0. The molecule has 0 amide bonds. The first-order valence-corrected chi connectivity index (χ1v) is 5.67. The molecule has 6 heteroatoms. The third-order valence-electron chi connectivity index (χ3n) is 2.79. The predicted octanol–water partition coefficient (Wildman–Crippen LogP) is 3.00. The van der Waals surface area contributed by atoms with Crippen LogP contribution in [-0.4, -0.2) is 14.9 Å². The van der Waals surface area contributed by atoms with Gasteiger partial charge in [-0.1, -0.05) is 6.07 Å². The Balaban J connectivity index is 2.66. The third-order valence-corrected chi connectivity index (χ3v) is 2.79. The Morgan fingerprint density at radius 3 is 2.37 bits per heavy atom. The van der Waals surface area contributed by atoms with Crippen LogP contribution in [0.3, 0.4) is 0 Å². The van der Waals surface area contributed by atoms with Gasteiger partial charge in [0.2, 0.25) is 0 Å². The lowest BCUT2D eigenvalue weighted by atomic mass is 10.1. The van der Waals surface area contributed by atoms with E-state index in [0.717, 1.165) is 6.07 Å². The van der Waals surface area contributed by atoms with Gasteiger partial charge >= 0.3 is 6.18 Å². The maximum absolute atomic E-state index is 13.1. The van der Waals surface area contributed by atoms with E-state index in [9.17, 15) is 13.2 Å². The lowest BCUT2D eigenvalue weighted by molar-refractivity contribution is -0.137. The monoisotopic (exact) mass is 270 g/mol. The van der Waals surface area contributed by atoms with Crippen LogP contribution in [-0.2, 0) is 12.8 Å². The fourth-order valence-corrected chi connectivity index (χ4v) is 1.97. The van der Waals surface area contributed by atoms with Crippen LogP contribution >= 0.6 is 0 Å². The molecule has 1 aromatic heterocycles. The maximum Gasteiger partial charge on any atom is 0.418 e. The third kappa shape index (κ3) is 2.63. The van der Waals surface area contributed by atoms with E-state index in [-0.39, 0.29) is 11.3 Å². The maximum atomic E-state index is 13.1. The molecule has 19 heavy (non-hydrogen) atoms. The van der Waals surface area contributed by atoms with Crippen molar-refractivity contribution in [1.29, 1.82) is 0 Å². The van der Waals surface area contributed by atoms with Gasteiger partial charge in [0, 0.05) is 5.69 Å². The minimum absolute atomic E-state index is 0.0321. The first-order valence-electron chi connectivity index (χ1n) is 5.67. The van der Waals surface area contributed by atoms with Crippen molar-refractivity contribution in [2.45, 2.75) is 26.6 Å². The van der Waals surface area contributed by atoms with E-state index in [1.807, 2.05) is 0 Å². The molecule has 0 saturated carbocycles. The van der Waals surface area contributed by atoms with Gasteiger partial charge in [-0.05, 0) is 37.6 Å². The Morgan fingerprint density at radius 2 is 1.89 bits per heavy atom. The first-order chi connectivity index (χ1) is 8.82. The molecule has 102 valence electrons. The summed E-state index contributed by atoms with van der Waals surface area (Å²) in [5, 5.41) is 13.0. The topological polar surface area (TPSA) is 38.0 Å². The highest BCUT2D eigenvalue weighted by Gasteiger charge is 2.34. The molecule has 2 rings (SSSR count). The largest absolute Gasteiger partial charge is 0.418 e. The fourth-order valence-electron chi connectivity index (χ4n) is 1.97. The molecule has 3 nitrogen and oxygen atoms in total. The second kappa shape index (κ2) is 4.70. The predicted molar refractivity (Wildman–Crippen MR) is 64.0 cm³/mol. The molecule has 0 atom stereocenters. The lowest BCUT2D eigenvalue weighted by Crippen LogP contribution is -2.13. The quantitative estimate of drug-likeness (QED) is 0.911. The average molecular weight is 270 g/mol. The minimum Gasteiger partial charge on any atom is -0.392 e. The molecule has 2 aromatic rings. The van der Waals surface area contributed by atoms with Crippen LogP contribution in [0.1, 0.15) is 22.5 Å². The molecule has 0 unspecified atom stereocenters. The number of hydrogen-bond acceptors (Lipinski definition) is 2. The summed E-state index contributed by atoms with van der Waals surface area (Å²) in [6.07, 6.45) is -4.49. The number of aliphatic hydroxyl groups excluding tert-OH is 1. The van der Waals surface area contributed by atoms with Gasteiger partial charge in [-0.25, -0.2) is 4.68 Å². The van der Waals surface area contributed by atoms with Gasteiger partial charge in [0.15, 0.2) is 0 Å². The van der Waals surface area contributed by atoms with Crippen LogP contribution in [0, 0.1) is 13.8 Å². The van der Waals surface area contributed by atoms with Gasteiger partial charge in [0.05, 0.1) is 23.6 Å². The Kier molecular flexibility index (Phi) is 3.36. The minimum atomic E-state index is -4.49. The molecular formula is C13H13F3N2O. The molecule has 1 heterocycles. The number of hydrogen-bond donors (Lipinski definition) is 1. The normalized spacial score (nSPS) is 11.9. The van der Waals surface area contributed by atoms with Crippen LogP contribution in [0.5, 0.6) is 0 Å². The number of aliphatic hydroxyl groups is 1. The SMILES string of the molecule is Cc1cc(C)n(-c2ccc(CO)cc2C(F)(F)F)n1. The number of halogens is 3. The van der Waals surface area contributed by atoms with Crippen molar-refractivity contribution >= 4 is 0 Å². The standard InChI is InChI=1S/C13H13F3N2O/c1-8-5-9(2)18(17-8)12-4-3-10(7-19)6-11(12)13(14,15)16/h3-6,19H,7H2,1-2H3. The van der Waals surface area contributed by atoms with Crippen molar-refractivity contribution in [3.05, 3.63) is 46.8 Å².